The number of benzene rings is 2. The molecule has 9 nitrogen and oxygen atoms in total. The van der Waals surface area contributed by atoms with Gasteiger partial charge < -0.3 is 19.3 Å². The van der Waals surface area contributed by atoms with Crippen LogP contribution in [0.1, 0.15) is 65.6 Å². The Hall–Kier alpha value is -4.18. The van der Waals surface area contributed by atoms with E-state index in [1.54, 1.807) is 55.5 Å². The van der Waals surface area contributed by atoms with Gasteiger partial charge in [-0.1, -0.05) is 67.5 Å². The minimum Gasteiger partial charge on any atom is -0.507 e. The Bertz CT molecular complexity index is 1430. The quantitative estimate of drug-likeness (QED) is 0.102. The first-order chi connectivity index (χ1) is 19.3. The van der Waals surface area contributed by atoms with Gasteiger partial charge in [-0.3, -0.25) is 14.5 Å². The van der Waals surface area contributed by atoms with Crippen molar-refractivity contribution < 1.29 is 33.7 Å². The lowest BCUT2D eigenvalue weighted by atomic mass is 9.95. The summed E-state index contributed by atoms with van der Waals surface area (Å²) in [5.74, 6) is -1.65. The zero-order valence-electron chi connectivity index (χ0n) is 22.9. The SMILES string of the molecule is CCCCCOc1ccc(C2C(=C(O)c3ccccc3)C(=O)C(=O)N2c2nc(C)c(C(=O)OC)s2)cc1OCC. The summed E-state index contributed by atoms with van der Waals surface area (Å²) < 4.78 is 16.7. The maximum atomic E-state index is 13.5. The molecule has 1 saturated heterocycles. The Labute approximate surface area is 237 Å². The summed E-state index contributed by atoms with van der Waals surface area (Å²) in [6.45, 7) is 6.48. The Balaban J connectivity index is 1.87. The number of aliphatic hydroxyl groups is 1. The number of rotatable bonds is 11. The molecule has 0 bridgehead atoms. The van der Waals surface area contributed by atoms with E-state index in [4.69, 9.17) is 14.2 Å². The van der Waals surface area contributed by atoms with Gasteiger partial charge in [-0.25, -0.2) is 9.78 Å². The molecule has 1 aromatic heterocycles. The van der Waals surface area contributed by atoms with E-state index in [9.17, 15) is 19.5 Å². The Kier molecular flexibility index (Phi) is 9.21. The summed E-state index contributed by atoms with van der Waals surface area (Å²) >= 11 is 0.944. The summed E-state index contributed by atoms with van der Waals surface area (Å²) in [6, 6.07) is 12.7. The summed E-state index contributed by atoms with van der Waals surface area (Å²) in [5.41, 5.74) is 1.16. The van der Waals surface area contributed by atoms with Crippen LogP contribution in [0.3, 0.4) is 0 Å². The third-order valence-corrected chi connectivity index (χ3v) is 7.58. The van der Waals surface area contributed by atoms with Gasteiger partial charge in [-0.2, -0.15) is 0 Å². The number of thiazole rings is 1. The maximum Gasteiger partial charge on any atom is 0.350 e. The molecule has 0 spiro atoms. The van der Waals surface area contributed by atoms with Gasteiger partial charge >= 0.3 is 11.9 Å². The van der Waals surface area contributed by atoms with Gasteiger partial charge in [0.1, 0.15) is 10.6 Å². The van der Waals surface area contributed by atoms with Crippen LogP contribution < -0.4 is 14.4 Å². The van der Waals surface area contributed by atoms with E-state index in [1.165, 1.54) is 12.0 Å². The summed E-state index contributed by atoms with van der Waals surface area (Å²) in [7, 11) is 1.26. The molecule has 1 N–H and O–H groups in total. The molecule has 1 aliphatic heterocycles. The van der Waals surface area contributed by atoms with Crippen LogP contribution in [0.15, 0.2) is 54.1 Å². The number of carbonyl (C=O) groups excluding carboxylic acids is 3. The summed E-state index contributed by atoms with van der Waals surface area (Å²) in [6.07, 6.45) is 3.00. The number of ether oxygens (including phenoxy) is 3. The number of aryl methyl sites for hydroxylation is 1. The van der Waals surface area contributed by atoms with E-state index < -0.39 is 23.7 Å². The fourth-order valence-corrected chi connectivity index (χ4v) is 5.49. The van der Waals surface area contributed by atoms with Gasteiger partial charge in [-0.15, -0.1) is 0 Å². The largest absolute Gasteiger partial charge is 0.507 e. The number of aromatic nitrogens is 1. The normalized spacial score (nSPS) is 16.3. The summed E-state index contributed by atoms with van der Waals surface area (Å²) in [4.78, 5) is 45.1. The molecule has 1 aliphatic rings. The van der Waals surface area contributed by atoms with Crippen molar-refractivity contribution in [2.75, 3.05) is 25.2 Å². The monoisotopic (exact) mass is 564 g/mol. The molecule has 0 saturated carbocycles. The Morgan fingerprint density at radius 2 is 1.80 bits per heavy atom. The predicted octanol–water partition coefficient (Wildman–Crippen LogP) is 5.83. The van der Waals surface area contributed by atoms with Crippen LogP contribution in [0.25, 0.3) is 5.76 Å². The molecule has 0 radical (unpaired) electrons. The van der Waals surface area contributed by atoms with E-state index in [0.29, 0.717) is 41.5 Å². The number of carbonyl (C=O) groups is 3. The number of hydrogen-bond acceptors (Lipinski definition) is 9. The van der Waals surface area contributed by atoms with E-state index in [2.05, 4.69) is 11.9 Å². The van der Waals surface area contributed by atoms with Gasteiger partial charge in [0.25, 0.3) is 5.78 Å². The highest BCUT2D eigenvalue weighted by Gasteiger charge is 2.48. The van der Waals surface area contributed by atoms with Crippen molar-refractivity contribution in [1.29, 1.82) is 0 Å². The highest BCUT2D eigenvalue weighted by Crippen LogP contribution is 2.45. The van der Waals surface area contributed by atoms with Crippen LogP contribution in [0.5, 0.6) is 11.5 Å². The van der Waals surface area contributed by atoms with Crippen molar-refractivity contribution in [3.05, 3.63) is 75.8 Å². The van der Waals surface area contributed by atoms with Gasteiger partial charge in [0.15, 0.2) is 16.6 Å². The highest BCUT2D eigenvalue weighted by atomic mass is 32.1. The zero-order valence-corrected chi connectivity index (χ0v) is 23.7. The van der Waals surface area contributed by atoms with Crippen molar-refractivity contribution >= 4 is 39.9 Å². The Morgan fingerprint density at radius 3 is 2.48 bits per heavy atom. The average Bonchev–Trinajstić information content (AvgIpc) is 3.47. The molecular weight excluding hydrogens is 532 g/mol. The predicted molar refractivity (Wildman–Crippen MR) is 152 cm³/mol. The molecule has 1 unspecified atom stereocenters. The molecule has 0 aliphatic carbocycles. The number of ketones is 1. The number of aliphatic hydroxyl groups excluding tert-OH is 1. The molecule has 1 amide bonds. The van der Waals surface area contributed by atoms with Gasteiger partial charge in [-0.05, 0) is 38.0 Å². The van der Waals surface area contributed by atoms with Gasteiger partial charge in [0.2, 0.25) is 0 Å². The third kappa shape index (κ3) is 5.72. The zero-order chi connectivity index (χ0) is 28.8. The third-order valence-electron chi connectivity index (χ3n) is 6.44. The maximum absolute atomic E-state index is 13.5. The number of nitrogens with zero attached hydrogens (tertiary/aromatic N) is 2. The molecule has 2 heterocycles. The summed E-state index contributed by atoms with van der Waals surface area (Å²) in [5, 5.41) is 11.5. The molecule has 2 aromatic carbocycles. The lowest BCUT2D eigenvalue weighted by molar-refractivity contribution is -0.132. The van der Waals surface area contributed by atoms with Gasteiger partial charge in [0, 0.05) is 5.56 Å². The highest BCUT2D eigenvalue weighted by molar-refractivity contribution is 7.17. The lowest BCUT2D eigenvalue weighted by Gasteiger charge is -2.24. The standard InChI is InChI=1S/C30H32N2O7S/c1-5-7-11-16-39-21-15-14-20(17-22(21)38-6-2)24-23(25(33)19-12-9-8-10-13-19)26(34)28(35)32(24)30-31-18(3)27(40-30)29(36)37-4/h8-10,12-15,17,24,33H,5-7,11,16H2,1-4H3. The molecule has 3 aromatic rings. The first kappa shape index (κ1) is 28.8. The van der Waals surface area contributed by atoms with E-state index >= 15 is 0 Å². The second-order valence-corrected chi connectivity index (χ2v) is 10.1. The molecular formula is C30H32N2O7S. The molecule has 1 fully saturated rings. The Morgan fingerprint density at radius 1 is 1.05 bits per heavy atom. The lowest BCUT2D eigenvalue weighted by Crippen LogP contribution is -2.29. The second kappa shape index (κ2) is 12.8. The van der Waals surface area contributed by atoms with Crippen LogP contribution in [-0.2, 0) is 14.3 Å². The molecule has 1 atom stereocenters. The van der Waals surface area contributed by atoms with E-state index in [1.807, 2.05) is 6.92 Å². The average molecular weight is 565 g/mol. The van der Waals surface area contributed by atoms with Crippen molar-refractivity contribution in [3.8, 4) is 11.5 Å². The van der Waals surface area contributed by atoms with E-state index in [-0.39, 0.29) is 21.3 Å². The van der Waals surface area contributed by atoms with Crippen LogP contribution in [0, 0.1) is 6.92 Å². The van der Waals surface area contributed by atoms with Crippen molar-refractivity contribution in [2.24, 2.45) is 0 Å². The first-order valence-electron chi connectivity index (χ1n) is 13.1. The second-order valence-electron chi connectivity index (χ2n) is 9.13. The number of esters is 1. The first-order valence-corrected chi connectivity index (χ1v) is 14.0. The van der Waals surface area contributed by atoms with Gasteiger partial charge in [0.05, 0.1) is 37.6 Å². The van der Waals surface area contributed by atoms with Crippen LogP contribution in [-0.4, -0.2) is 48.1 Å². The number of Topliss-reactive ketones (excluding diaryl/α,β-unsaturated/α-hetero) is 1. The van der Waals surface area contributed by atoms with E-state index in [0.717, 1.165) is 30.6 Å². The van der Waals surface area contributed by atoms with Crippen LogP contribution >= 0.6 is 11.3 Å². The minimum atomic E-state index is -1.04. The van der Waals surface area contributed by atoms with Crippen molar-refractivity contribution in [2.45, 2.75) is 46.1 Å². The molecule has 40 heavy (non-hydrogen) atoms. The smallest absolute Gasteiger partial charge is 0.350 e. The number of anilines is 1. The molecule has 4 rings (SSSR count). The van der Waals surface area contributed by atoms with Crippen molar-refractivity contribution in [1.82, 2.24) is 4.98 Å². The number of amides is 1. The fourth-order valence-electron chi connectivity index (χ4n) is 4.48. The molecule has 10 heteroatoms. The fraction of sp³-hybridized carbons (Fsp3) is 0.333. The number of hydrogen-bond donors (Lipinski definition) is 1. The minimum absolute atomic E-state index is 0.0947. The topological polar surface area (TPSA) is 115 Å². The van der Waals surface area contributed by atoms with Crippen molar-refractivity contribution in [3.63, 3.8) is 0 Å². The number of methoxy groups -OCH3 is 1. The number of unbranched alkanes of at least 4 members (excludes halogenated alkanes) is 2. The van der Waals surface area contributed by atoms with Crippen LogP contribution in [0.4, 0.5) is 5.13 Å². The molecule has 210 valence electrons. The van der Waals surface area contributed by atoms with Crippen LogP contribution in [0.2, 0.25) is 0 Å².